The number of ether oxygens (including phenoxy) is 1. The van der Waals surface area contributed by atoms with Gasteiger partial charge in [0.25, 0.3) is 0 Å². The van der Waals surface area contributed by atoms with Gasteiger partial charge < -0.3 is 15.0 Å². The third kappa shape index (κ3) is 9.15. The van der Waals surface area contributed by atoms with Crippen molar-refractivity contribution < 1.29 is 9.53 Å². The van der Waals surface area contributed by atoms with Crippen LogP contribution in [0.15, 0.2) is 48.8 Å². The molecule has 0 fully saturated rings. The lowest BCUT2D eigenvalue weighted by molar-refractivity contribution is 0.0522. The molecule has 1 N–H and O–H groups in total. The summed E-state index contributed by atoms with van der Waals surface area (Å²) in [5.41, 5.74) is 1.66. The van der Waals surface area contributed by atoms with Gasteiger partial charge in [0.2, 0.25) is 0 Å². The van der Waals surface area contributed by atoms with E-state index in [1.807, 2.05) is 69.6 Å². The first kappa shape index (κ1) is 20.8. The van der Waals surface area contributed by atoms with Crippen molar-refractivity contribution in [1.82, 2.24) is 20.2 Å². The van der Waals surface area contributed by atoms with Crippen LogP contribution in [0.25, 0.3) is 0 Å². The predicted octanol–water partition coefficient (Wildman–Crippen LogP) is 3.09. The van der Waals surface area contributed by atoms with Crippen LogP contribution in [0.5, 0.6) is 0 Å². The maximum absolute atomic E-state index is 11.8. The molecule has 2 rings (SSSR count). The van der Waals surface area contributed by atoms with Gasteiger partial charge in [0.1, 0.15) is 5.60 Å². The van der Waals surface area contributed by atoms with Gasteiger partial charge in [0, 0.05) is 62.8 Å². The maximum atomic E-state index is 11.8. The largest absolute Gasteiger partial charge is 0.444 e. The van der Waals surface area contributed by atoms with Crippen molar-refractivity contribution in [1.29, 1.82) is 0 Å². The predicted molar refractivity (Wildman–Crippen MR) is 107 cm³/mol. The Hall–Kier alpha value is -2.47. The van der Waals surface area contributed by atoms with Crippen LogP contribution in [0.2, 0.25) is 0 Å². The highest BCUT2D eigenvalue weighted by Crippen LogP contribution is 2.06. The van der Waals surface area contributed by atoms with Crippen molar-refractivity contribution in [3.63, 3.8) is 0 Å². The lowest BCUT2D eigenvalue weighted by atomic mass is 10.2. The Balaban J connectivity index is 1.83. The van der Waals surface area contributed by atoms with Crippen LogP contribution in [0.1, 0.15) is 32.2 Å². The minimum absolute atomic E-state index is 0.378. The lowest BCUT2D eigenvalue weighted by Crippen LogP contribution is -2.39. The van der Waals surface area contributed by atoms with E-state index in [9.17, 15) is 4.79 Å². The van der Waals surface area contributed by atoms with E-state index in [-0.39, 0.29) is 6.09 Å². The fourth-order valence-electron chi connectivity index (χ4n) is 2.60. The number of amides is 1. The van der Waals surface area contributed by atoms with Gasteiger partial charge in [-0.15, -0.1) is 0 Å². The smallest absolute Gasteiger partial charge is 0.407 e. The fourth-order valence-corrected chi connectivity index (χ4v) is 2.60. The number of alkyl carbamates (subject to hydrolysis) is 1. The van der Waals surface area contributed by atoms with Crippen molar-refractivity contribution in [3.8, 4) is 0 Å². The highest BCUT2D eigenvalue weighted by atomic mass is 16.6. The Bertz CT molecular complexity index is 628. The first-order valence-corrected chi connectivity index (χ1v) is 9.41. The minimum atomic E-state index is -0.484. The maximum Gasteiger partial charge on any atom is 0.407 e. The highest BCUT2D eigenvalue weighted by Gasteiger charge is 2.16. The van der Waals surface area contributed by atoms with E-state index >= 15 is 0 Å². The zero-order valence-corrected chi connectivity index (χ0v) is 16.5. The summed E-state index contributed by atoms with van der Waals surface area (Å²) in [6.45, 7) is 8.62. The van der Waals surface area contributed by atoms with Gasteiger partial charge in [-0.25, -0.2) is 4.79 Å². The van der Waals surface area contributed by atoms with E-state index in [4.69, 9.17) is 4.74 Å². The molecular weight excluding hydrogens is 340 g/mol. The van der Waals surface area contributed by atoms with Crippen LogP contribution in [0.3, 0.4) is 0 Å². The van der Waals surface area contributed by atoms with E-state index in [1.165, 1.54) is 0 Å². The van der Waals surface area contributed by atoms with Crippen LogP contribution in [0, 0.1) is 0 Å². The second-order valence-electron chi connectivity index (χ2n) is 7.41. The number of hydrogen-bond acceptors (Lipinski definition) is 5. The van der Waals surface area contributed by atoms with Gasteiger partial charge in [0.05, 0.1) is 0 Å². The second-order valence-corrected chi connectivity index (χ2v) is 7.41. The molecule has 0 aliphatic rings. The van der Waals surface area contributed by atoms with Crippen LogP contribution in [0.4, 0.5) is 4.79 Å². The van der Waals surface area contributed by atoms with E-state index in [0.717, 1.165) is 43.9 Å². The fraction of sp³-hybridized carbons (Fsp3) is 0.476. The van der Waals surface area contributed by atoms with Gasteiger partial charge in [-0.3, -0.25) is 9.97 Å². The van der Waals surface area contributed by atoms with Crippen molar-refractivity contribution >= 4 is 6.09 Å². The molecule has 0 radical (unpaired) electrons. The van der Waals surface area contributed by atoms with E-state index < -0.39 is 5.60 Å². The molecule has 2 heterocycles. The monoisotopic (exact) mass is 370 g/mol. The SMILES string of the molecule is CC(C)(C)OC(=O)NCCN(CCc1ccccn1)CCc1ccccn1. The van der Waals surface area contributed by atoms with Crippen LogP contribution in [-0.4, -0.2) is 52.7 Å². The minimum Gasteiger partial charge on any atom is -0.444 e. The first-order valence-electron chi connectivity index (χ1n) is 9.41. The number of nitrogens with one attached hydrogen (secondary N) is 1. The average Bonchev–Trinajstić information content (AvgIpc) is 2.63. The Morgan fingerprint density at radius 3 is 1.96 bits per heavy atom. The Labute approximate surface area is 162 Å². The van der Waals surface area contributed by atoms with Crippen LogP contribution < -0.4 is 5.32 Å². The van der Waals surface area contributed by atoms with Gasteiger partial charge in [-0.1, -0.05) is 12.1 Å². The van der Waals surface area contributed by atoms with Crippen LogP contribution >= 0.6 is 0 Å². The molecule has 0 unspecified atom stereocenters. The molecule has 0 saturated heterocycles. The standard InChI is InChI=1S/C21H30N4O2/c1-21(2,3)27-20(26)24-14-17-25(15-10-18-8-4-6-12-22-18)16-11-19-9-5-7-13-23-19/h4-9,12-13H,10-11,14-17H2,1-3H3,(H,24,26). The number of pyridine rings is 2. The lowest BCUT2D eigenvalue weighted by Gasteiger charge is -2.23. The molecule has 0 bridgehead atoms. The summed E-state index contributed by atoms with van der Waals surface area (Å²) in [7, 11) is 0. The summed E-state index contributed by atoms with van der Waals surface area (Å²) in [4.78, 5) is 22.9. The van der Waals surface area contributed by atoms with E-state index in [0.29, 0.717) is 6.54 Å². The number of aromatic nitrogens is 2. The molecule has 6 heteroatoms. The number of rotatable bonds is 9. The summed E-state index contributed by atoms with van der Waals surface area (Å²) < 4.78 is 5.29. The van der Waals surface area contributed by atoms with Gasteiger partial charge in [-0.05, 0) is 45.0 Å². The number of carbonyl (C=O) groups excluding carboxylic acids is 1. The third-order valence-corrected chi connectivity index (χ3v) is 3.92. The molecular formula is C21H30N4O2. The van der Waals surface area contributed by atoms with E-state index in [2.05, 4.69) is 20.2 Å². The molecule has 0 spiro atoms. The molecule has 0 aromatic carbocycles. The molecule has 146 valence electrons. The molecule has 1 amide bonds. The normalized spacial score (nSPS) is 11.4. The van der Waals surface area contributed by atoms with Gasteiger partial charge in [0.15, 0.2) is 0 Å². The van der Waals surface area contributed by atoms with E-state index in [1.54, 1.807) is 0 Å². The quantitative estimate of drug-likeness (QED) is 0.735. The Morgan fingerprint density at radius 1 is 0.963 bits per heavy atom. The molecule has 6 nitrogen and oxygen atoms in total. The first-order chi connectivity index (χ1) is 12.9. The summed E-state index contributed by atoms with van der Waals surface area (Å²) >= 11 is 0. The average molecular weight is 370 g/mol. The van der Waals surface area contributed by atoms with Crippen molar-refractivity contribution in [2.24, 2.45) is 0 Å². The molecule has 0 saturated carbocycles. The van der Waals surface area contributed by atoms with Crippen molar-refractivity contribution in [3.05, 3.63) is 60.2 Å². The molecule has 0 aliphatic heterocycles. The number of nitrogens with zero attached hydrogens (tertiary/aromatic N) is 3. The van der Waals surface area contributed by atoms with Crippen molar-refractivity contribution in [2.75, 3.05) is 26.2 Å². The summed E-state index contributed by atoms with van der Waals surface area (Å²) in [5.74, 6) is 0. The zero-order chi connectivity index (χ0) is 19.5. The molecule has 0 aliphatic carbocycles. The number of hydrogen-bond donors (Lipinski definition) is 1. The topological polar surface area (TPSA) is 67.3 Å². The Morgan fingerprint density at radius 2 is 1.52 bits per heavy atom. The summed E-state index contributed by atoms with van der Waals surface area (Å²) in [5, 5.41) is 2.83. The summed E-state index contributed by atoms with van der Waals surface area (Å²) in [6.07, 6.45) is 5.00. The summed E-state index contributed by atoms with van der Waals surface area (Å²) in [6, 6.07) is 11.9. The Kier molecular flexibility index (Phi) is 8.20. The molecule has 2 aromatic heterocycles. The van der Waals surface area contributed by atoms with Gasteiger partial charge >= 0.3 is 6.09 Å². The van der Waals surface area contributed by atoms with Crippen LogP contribution in [-0.2, 0) is 17.6 Å². The number of carbonyl (C=O) groups is 1. The van der Waals surface area contributed by atoms with Crippen molar-refractivity contribution in [2.45, 2.75) is 39.2 Å². The molecule has 27 heavy (non-hydrogen) atoms. The highest BCUT2D eigenvalue weighted by molar-refractivity contribution is 5.67. The van der Waals surface area contributed by atoms with Gasteiger partial charge in [-0.2, -0.15) is 0 Å². The third-order valence-electron chi connectivity index (χ3n) is 3.92. The zero-order valence-electron chi connectivity index (χ0n) is 16.5. The molecule has 0 atom stereocenters. The molecule has 2 aromatic rings. The second kappa shape index (κ2) is 10.6.